The lowest BCUT2D eigenvalue weighted by molar-refractivity contribution is 0.341. The average molecular weight is 191 g/mol. The van der Waals surface area contributed by atoms with Gasteiger partial charge in [0.25, 0.3) is 0 Å². The van der Waals surface area contributed by atoms with Crippen LogP contribution in [0.5, 0.6) is 0 Å². The molecule has 0 bridgehead atoms. The van der Waals surface area contributed by atoms with Crippen LogP contribution >= 0.6 is 12.2 Å². The van der Waals surface area contributed by atoms with Crippen LogP contribution in [-0.2, 0) is 4.74 Å². The molecule has 0 aliphatic carbocycles. The second-order valence-electron chi connectivity index (χ2n) is 2.30. The van der Waals surface area contributed by atoms with Crippen LogP contribution in [0.2, 0.25) is 0 Å². The first-order valence-corrected chi connectivity index (χ1v) is 4.15. The van der Waals surface area contributed by atoms with Gasteiger partial charge in [0.2, 0.25) is 0 Å². The summed E-state index contributed by atoms with van der Waals surface area (Å²) in [5.74, 6) is 0. The molecule has 0 amide bonds. The number of aliphatic imine (C=N–C) groups is 1. The molecule has 1 rings (SSSR count). The molecule has 2 nitrogen and oxygen atoms in total. The Balaban J connectivity index is 3.04. The molecule has 0 spiro atoms. The summed E-state index contributed by atoms with van der Waals surface area (Å²) in [5.41, 5.74) is 1.76. The van der Waals surface area contributed by atoms with Crippen molar-refractivity contribution in [3.8, 4) is 0 Å². The van der Waals surface area contributed by atoms with E-state index in [9.17, 15) is 0 Å². The number of hydrogen-bond donors (Lipinski definition) is 0. The van der Waals surface area contributed by atoms with E-state index in [0.717, 1.165) is 11.3 Å². The minimum Gasteiger partial charge on any atom is -0.504 e. The molecule has 0 unspecified atom stereocenters. The van der Waals surface area contributed by atoms with Crippen molar-refractivity contribution in [3.05, 3.63) is 36.1 Å². The fourth-order valence-electron chi connectivity index (χ4n) is 0.921. The molecular weight excluding hydrogens is 182 g/mol. The summed E-state index contributed by atoms with van der Waals surface area (Å²) in [6.07, 6.45) is 3.42. The van der Waals surface area contributed by atoms with Gasteiger partial charge in [-0.3, -0.25) is 0 Å². The van der Waals surface area contributed by atoms with Crippen molar-refractivity contribution in [1.29, 1.82) is 0 Å². The topological polar surface area (TPSA) is 21.6 Å². The Kier molecular flexibility index (Phi) is 3.89. The molecule has 1 aromatic rings. The Labute approximate surface area is 82.6 Å². The van der Waals surface area contributed by atoms with E-state index in [1.54, 1.807) is 13.4 Å². The van der Waals surface area contributed by atoms with Crippen LogP contribution in [0.4, 0.5) is 5.69 Å². The van der Waals surface area contributed by atoms with Crippen LogP contribution in [0, 0.1) is 0 Å². The highest BCUT2D eigenvalue weighted by Gasteiger charge is 1.94. The molecule has 0 saturated carbocycles. The van der Waals surface area contributed by atoms with Crippen LogP contribution < -0.4 is 0 Å². The Hall–Kier alpha value is -1.44. The number of methoxy groups -OCH3 is 1. The maximum atomic E-state index is 4.81. The van der Waals surface area contributed by atoms with E-state index in [4.69, 9.17) is 4.74 Å². The van der Waals surface area contributed by atoms with Gasteiger partial charge in [-0.25, -0.2) is 0 Å². The van der Waals surface area contributed by atoms with E-state index < -0.39 is 0 Å². The van der Waals surface area contributed by atoms with Gasteiger partial charge in [0, 0.05) is 5.56 Å². The van der Waals surface area contributed by atoms with Crippen molar-refractivity contribution in [2.75, 3.05) is 7.11 Å². The van der Waals surface area contributed by atoms with Crippen molar-refractivity contribution in [3.63, 3.8) is 0 Å². The number of para-hydroxylation sites is 1. The van der Waals surface area contributed by atoms with Gasteiger partial charge >= 0.3 is 0 Å². The van der Waals surface area contributed by atoms with Gasteiger partial charge in [0.05, 0.1) is 24.2 Å². The lowest BCUT2D eigenvalue weighted by Crippen LogP contribution is -1.73. The van der Waals surface area contributed by atoms with E-state index in [0.29, 0.717) is 0 Å². The number of thiocarbonyl (C=S) groups is 1. The zero-order chi connectivity index (χ0) is 9.52. The second-order valence-corrected chi connectivity index (χ2v) is 2.48. The minimum atomic E-state index is 0.797. The predicted molar refractivity (Wildman–Crippen MR) is 57.2 cm³/mol. The normalized spacial score (nSPS) is 9.62. The summed E-state index contributed by atoms with van der Waals surface area (Å²) in [7, 11) is 1.60. The van der Waals surface area contributed by atoms with E-state index in [1.165, 1.54) is 0 Å². The van der Waals surface area contributed by atoms with Crippen molar-refractivity contribution >= 4 is 29.1 Å². The van der Waals surface area contributed by atoms with Crippen molar-refractivity contribution in [1.82, 2.24) is 0 Å². The van der Waals surface area contributed by atoms with Crippen LogP contribution in [-0.4, -0.2) is 12.3 Å². The summed E-state index contributed by atoms with van der Waals surface area (Å²) in [6, 6.07) is 7.63. The van der Waals surface area contributed by atoms with Gasteiger partial charge in [0.15, 0.2) is 0 Å². The maximum absolute atomic E-state index is 4.81. The zero-order valence-electron chi connectivity index (χ0n) is 7.23. The highest BCUT2D eigenvalue weighted by Crippen LogP contribution is 2.19. The number of nitrogens with zero attached hydrogens (tertiary/aromatic N) is 1. The quantitative estimate of drug-likeness (QED) is 0.416. The summed E-state index contributed by atoms with van der Waals surface area (Å²) in [4.78, 5) is 3.92. The highest BCUT2D eigenvalue weighted by molar-refractivity contribution is 7.78. The van der Waals surface area contributed by atoms with Gasteiger partial charge in [-0.1, -0.05) is 18.2 Å². The Morgan fingerprint density at radius 2 is 2.23 bits per heavy atom. The first kappa shape index (κ1) is 9.65. The van der Waals surface area contributed by atoms with Crippen LogP contribution in [0.25, 0.3) is 6.08 Å². The molecule has 0 saturated heterocycles. The standard InChI is InChI=1S/C10H9NOS/c1-12-7-6-9-4-2-3-5-10(9)11-8-13/h2-7H,1H3. The molecule has 66 valence electrons. The molecule has 1 aromatic carbocycles. The highest BCUT2D eigenvalue weighted by atomic mass is 32.1. The van der Waals surface area contributed by atoms with Crippen LogP contribution in [0.1, 0.15) is 5.56 Å². The fourth-order valence-corrected chi connectivity index (χ4v) is 1.02. The summed E-state index contributed by atoms with van der Waals surface area (Å²) >= 11 is 4.53. The summed E-state index contributed by atoms with van der Waals surface area (Å²) < 4.78 is 4.81. The predicted octanol–water partition coefficient (Wildman–Crippen LogP) is 3.04. The summed E-state index contributed by atoms with van der Waals surface area (Å²) in [6.45, 7) is 0. The van der Waals surface area contributed by atoms with Gasteiger partial charge in [0.1, 0.15) is 0 Å². The molecule has 13 heavy (non-hydrogen) atoms. The summed E-state index contributed by atoms with van der Waals surface area (Å²) in [5, 5.41) is 2.33. The smallest absolute Gasteiger partial charge is 0.0831 e. The fraction of sp³-hybridized carbons (Fsp3) is 0.100. The molecule has 3 heteroatoms. The van der Waals surface area contributed by atoms with Gasteiger partial charge in [-0.2, -0.15) is 4.99 Å². The SMILES string of the molecule is COC=Cc1ccccc1N=C=S. The molecule has 0 atom stereocenters. The second kappa shape index (κ2) is 5.25. The Morgan fingerprint density at radius 1 is 1.46 bits per heavy atom. The first-order chi connectivity index (χ1) is 6.38. The number of isothiocyanates is 1. The first-order valence-electron chi connectivity index (χ1n) is 3.74. The monoisotopic (exact) mass is 191 g/mol. The molecular formula is C10H9NOS. The lowest BCUT2D eigenvalue weighted by Gasteiger charge is -1.96. The van der Waals surface area contributed by atoms with E-state index >= 15 is 0 Å². The number of hydrogen-bond acceptors (Lipinski definition) is 3. The molecule has 0 aromatic heterocycles. The van der Waals surface area contributed by atoms with Crippen LogP contribution in [0.15, 0.2) is 35.5 Å². The Bertz CT molecular complexity index is 354. The van der Waals surface area contributed by atoms with Crippen molar-refractivity contribution in [2.45, 2.75) is 0 Å². The third kappa shape index (κ3) is 2.82. The molecule has 0 aliphatic rings. The van der Waals surface area contributed by atoms with Gasteiger partial charge < -0.3 is 4.74 Å². The number of ether oxygens (including phenoxy) is 1. The number of benzene rings is 1. The van der Waals surface area contributed by atoms with E-state index in [-0.39, 0.29) is 0 Å². The Morgan fingerprint density at radius 3 is 2.92 bits per heavy atom. The maximum Gasteiger partial charge on any atom is 0.0831 e. The van der Waals surface area contributed by atoms with E-state index in [2.05, 4.69) is 22.4 Å². The molecule has 0 aliphatic heterocycles. The third-order valence-corrected chi connectivity index (χ3v) is 1.58. The molecule has 0 fully saturated rings. The third-order valence-electron chi connectivity index (χ3n) is 1.49. The minimum absolute atomic E-state index is 0.797. The number of rotatable bonds is 3. The van der Waals surface area contributed by atoms with Crippen molar-refractivity contribution < 1.29 is 4.74 Å². The zero-order valence-corrected chi connectivity index (χ0v) is 8.04. The van der Waals surface area contributed by atoms with E-state index in [1.807, 2.05) is 30.3 Å². The largest absolute Gasteiger partial charge is 0.504 e. The molecule has 0 heterocycles. The van der Waals surface area contributed by atoms with Gasteiger partial charge in [-0.05, 0) is 24.4 Å². The lowest BCUT2D eigenvalue weighted by atomic mass is 10.2. The van der Waals surface area contributed by atoms with Gasteiger partial charge in [-0.15, -0.1) is 0 Å². The molecule has 0 N–H and O–H groups in total. The van der Waals surface area contributed by atoms with Crippen LogP contribution in [0.3, 0.4) is 0 Å². The molecule has 0 radical (unpaired) electrons. The van der Waals surface area contributed by atoms with Crippen molar-refractivity contribution in [2.24, 2.45) is 4.99 Å². The average Bonchev–Trinajstić information content (AvgIpc) is 2.17.